The number of nitrogens with zero attached hydrogens (tertiary/aromatic N) is 1. The summed E-state index contributed by atoms with van der Waals surface area (Å²) in [6, 6.07) is 5.33. The first-order valence-electron chi connectivity index (χ1n) is 4.54. The number of nitrogens with two attached hydrogens (primary N) is 1. The lowest BCUT2D eigenvalue weighted by atomic mass is 10.2. The van der Waals surface area contributed by atoms with Crippen molar-refractivity contribution in [1.82, 2.24) is 5.43 Å². The van der Waals surface area contributed by atoms with Gasteiger partial charge in [-0.2, -0.15) is 0 Å². The molecule has 1 aromatic carbocycles. The molecule has 0 aromatic heterocycles. The Kier molecular flexibility index (Phi) is 4.39. The maximum Gasteiger partial charge on any atom is 0.144 e. The summed E-state index contributed by atoms with van der Waals surface area (Å²) in [4.78, 5) is 4.31. The van der Waals surface area contributed by atoms with Crippen molar-refractivity contribution < 1.29 is 0 Å². The van der Waals surface area contributed by atoms with Gasteiger partial charge in [0.1, 0.15) is 5.84 Å². The zero-order valence-corrected chi connectivity index (χ0v) is 10.1. The van der Waals surface area contributed by atoms with Crippen LogP contribution in [0.2, 0.25) is 10.0 Å². The van der Waals surface area contributed by atoms with Crippen molar-refractivity contribution in [3.8, 4) is 0 Å². The number of hydrazine groups is 1. The van der Waals surface area contributed by atoms with E-state index in [4.69, 9.17) is 29.0 Å². The van der Waals surface area contributed by atoms with Gasteiger partial charge in [0.2, 0.25) is 0 Å². The van der Waals surface area contributed by atoms with Crippen LogP contribution in [0.4, 0.5) is 0 Å². The van der Waals surface area contributed by atoms with Crippen LogP contribution in [0, 0.1) is 0 Å². The van der Waals surface area contributed by atoms with E-state index in [1.165, 1.54) is 0 Å². The Morgan fingerprint density at radius 3 is 2.53 bits per heavy atom. The third-order valence-electron chi connectivity index (χ3n) is 1.71. The van der Waals surface area contributed by atoms with E-state index in [0.717, 1.165) is 5.56 Å². The Bertz CT molecular complexity index is 375. The van der Waals surface area contributed by atoms with Gasteiger partial charge in [-0.15, -0.1) is 0 Å². The van der Waals surface area contributed by atoms with Gasteiger partial charge in [-0.3, -0.25) is 4.99 Å². The van der Waals surface area contributed by atoms with Crippen molar-refractivity contribution in [3.05, 3.63) is 33.8 Å². The molecule has 0 spiro atoms. The van der Waals surface area contributed by atoms with Gasteiger partial charge in [0.15, 0.2) is 0 Å². The quantitative estimate of drug-likeness (QED) is 0.364. The Morgan fingerprint density at radius 2 is 2.07 bits per heavy atom. The highest BCUT2D eigenvalue weighted by Gasteiger charge is 2.07. The van der Waals surface area contributed by atoms with E-state index < -0.39 is 0 Å². The monoisotopic (exact) mass is 245 g/mol. The Morgan fingerprint density at radius 1 is 1.40 bits per heavy atom. The highest BCUT2D eigenvalue weighted by molar-refractivity contribution is 6.36. The molecule has 0 unspecified atom stereocenters. The molecule has 5 heteroatoms. The second-order valence-electron chi connectivity index (χ2n) is 3.34. The molecule has 3 N–H and O–H groups in total. The summed E-state index contributed by atoms with van der Waals surface area (Å²) < 4.78 is 0. The molecule has 15 heavy (non-hydrogen) atoms. The Hall–Kier alpha value is -0.770. The van der Waals surface area contributed by atoms with Crippen molar-refractivity contribution in [1.29, 1.82) is 0 Å². The highest BCUT2D eigenvalue weighted by atomic mass is 35.5. The van der Waals surface area contributed by atoms with E-state index in [1.807, 2.05) is 13.8 Å². The standard InChI is InChI=1S/C10H13Cl2N3/c1-6(2)14-10(15-13)8-4-3-7(11)5-9(8)12/h3-6H,13H2,1-2H3,(H,14,15). The molecule has 0 saturated carbocycles. The number of amidine groups is 1. The zero-order valence-electron chi connectivity index (χ0n) is 8.59. The van der Waals surface area contributed by atoms with Crippen molar-refractivity contribution in [3.63, 3.8) is 0 Å². The van der Waals surface area contributed by atoms with Crippen LogP contribution in [0.25, 0.3) is 0 Å². The lowest BCUT2D eigenvalue weighted by Crippen LogP contribution is -2.32. The molecule has 0 bridgehead atoms. The van der Waals surface area contributed by atoms with Crippen LogP contribution < -0.4 is 11.3 Å². The van der Waals surface area contributed by atoms with E-state index in [0.29, 0.717) is 15.9 Å². The van der Waals surface area contributed by atoms with Gasteiger partial charge in [0.05, 0.1) is 5.02 Å². The van der Waals surface area contributed by atoms with Gasteiger partial charge >= 0.3 is 0 Å². The van der Waals surface area contributed by atoms with Crippen LogP contribution in [0.3, 0.4) is 0 Å². The van der Waals surface area contributed by atoms with Gasteiger partial charge in [0, 0.05) is 16.6 Å². The number of hydrogen-bond acceptors (Lipinski definition) is 2. The maximum absolute atomic E-state index is 6.03. The van der Waals surface area contributed by atoms with Crippen molar-refractivity contribution >= 4 is 29.0 Å². The molecule has 0 saturated heterocycles. The number of aliphatic imine (C=N–C) groups is 1. The molecule has 0 aliphatic heterocycles. The van der Waals surface area contributed by atoms with E-state index in [1.54, 1.807) is 18.2 Å². The fourth-order valence-corrected chi connectivity index (χ4v) is 1.62. The van der Waals surface area contributed by atoms with Crippen molar-refractivity contribution in [2.45, 2.75) is 19.9 Å². The number of benzene rings is 1. The number of hydrogen-bond donors (Lipinski definition) is 2. The molecular formula is C10H13Cl2N3. The van der Waals surface area contributed by atoms with Gasteiger partial charge < -0.3 is 5.43 Å². The van der Waals surface area contributed by atoms with Crippen LogP contribution in [-0.4, -0.2) is 11.9 Å². The first-order valence-corrected chi connectivity index (χ1v) is 5.30. The van der Waals surface area contributed by atoms with Gasteiger partial charge in [-0.25, -0.2) is 5.84 Å². The smallest absolute Gasteiger partial charge is 0.144 e. The predicted octanol–water partition coefficient (Wildman–Crippen LogP) is 2.61. The van der Waals surface area contributed by atoms with E-state index >= 15 is 0 Å². The van der Waals surface area contributed by atoms with Crippen LogP contribution in [-0.2, 0) is 0 Å². The average Bonchev–Trinajstić information content (AvgIpc) is 2.14. The second kappa shape index (κ2) is 5.35. The van der Waals surface area contributed by atoms with E-state index in [2.05, 4.69) is 10.4 Å². The minimum Gasteiger partial charge on any atom is -0.308 e. The molecule has 1 rings (SSSR count). The van der Waals surface area contributed by atoms with Gasteiger partial charge in [-0.05, 0) is 32.0 Å². The molecule has 82 valence electrons. The van der Waals surface area contributed by atoms with Crippen LogP contribution in [0.15, 0.2) is 23.2 Å². The van der Waals surface area contributed by atoms with Crippen LogP contribution in [0.1, 0.15) is 19.4 Å². The first-order chi connectivity index (χ1) is 7.04. The summed E-state index contributed by atoms with van der Waals surface area (Å²) >= 11 is 11.8. The van der Waals surface area contributed by atoms with Crippen LogP contribution in [0.5, 0.6) is 0 Å². The minimum atomic E-state index is 0.141. The third-order valence-corrected chi connectivity index (χ3v) is 2.26. The largest absolute Gasteiger partial charge is 0.308 e. The van der Waals surface area contributed by atoms with Gasteiger partial charge in [-0.1, -0.05) is 23.2 Å². The lowest BCUT2D eigenvalue weighted by Gasteiger charge is -2.09. The maximum atomic E-state index is 6.03. The summed E-state index contributed by atoms with van der Waals surface area (Å²) in [5.41, 5.74) is 3.28. The summed E-state index contributed by atoms with van der Waals surface area (Å²) in [6.45, 7) is 3.92. The zero-order chi connectivity index (χ0) is 11.4. The van der Waals surface area contributed by atoms with Crippen LogP contribution >= 0.6 is 23.2 Å². The topological polar surface area (TPSA) is 50.4 Å². The molecule has 3 nitrogen and oxygen atoms in total. The Balaban J connectivity index is 3.13. The summed E-state index contributed by atoms with van der Waals surface area (Å²) in [6.07, 6.45) is 0. The lowest BCUT2D eigenvalue weighted by molar-refractivity contribution is 0.820. The highest BCUT2D eigenvalue weighted by Crippen LogP contribution is 2.21. The van der Waals surface area contributed by atoms with Crippen molar-refractivity contribution in [2.75, 3.05) is 0 Å². The van der Waals surface area contributed by atoms with E-state index in [-0.39, 0.29) is 6.04 Å². The third kappa shape index (κ3) is 3.38. The second-order valence-corrected chi connectivity index (χ2v) is 4.18. The summed E-state index contributed by atoms with van der Waals surface area (Å²) in [5.74, 6) is 5.95. The minimum absolute atomic E-state index is 0.141. The molecule has 0 atom stereocenters. The number of nitrogens with one attached hydrogen (secondary N) is 1. The molecule has 0 amide bonds. The number of halogens is 2. The predicted molar refractivity (Wildman–Crippen MR) is 65.5 cm³/mol. The molecule has 1 aromatic rings. The first kappa shape index (κ1) is 12.3. The fourth-order valence-electron chi connectivity index (χ4n) is 1.12. The average molecular weight is 246 g/mol. The fraction of sp³-hybridized carbons (Fsp3) is 0.300. The van der Waals surface area contributed by atoms with Crippen molar-refractivity contribution in [2.24, 2.45) is 10.8 Å². The molecule has 0 aliphatic carbocycles. The molecular weight excluding hydrogens is 233 g/mol. The number of rotatable bonds is 2. The van der Waals surface area contributed by atoms with E-state index in [9.17, 15) is 0 Å². The summed E-state index contributed by atoms with van der Waals surface area (Å²) in [7, 11) is 0. The Labute approximate surface area is 99.3 Å². The molecule has 0 radical (unpaired) electrons. The SMILES string of the molecule is CC(C)N=C(NN)c1ccc(Cl)cc1Cl. The molecule has 0 aliphatic rings. The summed E-state index contributed by atoms with van der Waals surface area (Å²) in [5, 5.41) is 1.12. The normalized spacial score (nSPS) is 12.0. The molecule has 0 heterocycles. The van der Waals surface area contributed by atoms with Gasteiger partial charge in [0.25, 0.3) is 0 Å². The molecule has 0 fully saturated rings.